The van der Waals surface area contributed by atoms with Gasteiger partial charge in [0.25, 0.3) is 0 Å². The van der Waals surface area contributed by atoms with E-state index in [9.17, 15) is 9.59 Å². The predicted molar refractivity (Wildman–Crippen MR) is 58.2 cm³/mol. The molecule has 0 aliphatic carbocycles. The van der Waals surface area contributed by atoms with Crippen molar-refractivity contribution in [3.05, 3.63) is 28.8 Å². The van der Waals surface area contributed by atoms with Crippen LogP contribution in [0.3, 0.4) is 0 Å². The highest BCUT2D eigenvalue weighted by Gasteiger charge is 2.14. The molecule has 0 saturated heterocycles. The molecule has 16 heavy (non-hydrogen) atoms. The minimum absolute atomic E-state index is 0.122. The van der Waals surface area contributed by atoms with Crippen LogP contribution in [0.15, 0.2) is 18.2 Å². The van der Waals surface area contributed by atoms with E-state index in [1.807, 2.05) is 0 Å². The van der Waals surface area contributed by atoms with E-state index in [0.29, 0.717) is 0 Å². The fourth-order valence-electron chi connectivity index (χ4n) is 0.976. The standard InChI is InChI=1S/C10H10ClNO4/c1-15-8(13)5-16-10(14)6-3-2-4-7(11)9(6)12/h2-4H,5,12H2,1H3. The third-order valence-corrected chi connectivity index (χ3v) is 2.15. The maximum atomic E-state index is 11.5. The van der Waals surface area contributed by atoms with E-state index >= 15 is 0 Å². The molecule has 0 saturated carbocycles. The lowest BCUT2D eigenvalue weighted by molar-refractivity contribution is -0.144. The van der Waals surface area contributed by atoms with Gasteiger partial charge in [0.2, 0.25) is 0 Å². The topological polar surface area (TPSA) is 78.6 Å². The summed E-state index contributed by atoms with van der Waals surface area (Å²) in [6.45, 7) is -0.457. The van der Waals surface area contributed by atoms with Crippen LogP contribution in [-0.4, -0.2) is 25.7 Å². The lowest BCUT2D eigenvalue weighted by Crippen LogP contribution is -2.16. The number of nitrogen functional groups attached to an aromatic ring is 1. The fraction of sp³-hybridized carbons (Fsp3) is 0.200. The molecule has 0 aromatic heterocycles. The van der Waals surface area contributed by atoms with Crippen LogP contribution in [0.4, 0.5) is 5.69 Å². The molecule has 0 bridgehead atoms. The van der Waals surface area contributed by atoms with Gasteiger partial charge >= 0.3 is 11.9 Å². The third-order valence-electron chi connectivity index (χ3n) is 1.82. The van der Waals surface area contributed by atoms with E-state index in [2.05, 4.69) is 9.47 Å². The highest BCUT2D eigenvalue weighted by molar-refractivity contribution is 6.33. The summed E-state index contributed by atoms with van der Waals surface area (Å²) in [6, 6.07) is 4.57. The van der Waals surface area contributed by atoms with Crippen molar-refractivity contribution in [2.75, 3.05) is 19.5 Å². The van der Waals surface area contributed by atoms with E-state index in [1.165, 1.54) is 13.2 Å². The van der Waals surface area contributed by atoms with Crippen molar-refractivity contribution < 1.29 is 19.1 Å². The summed E-state index contributed by atoms with van der Waals surface area (Å²) in [5.74, 6) is -1.36. The average molecular weight is 244 g/mol. The van der Waals surface area contributed by atoms with Gasteiger partial charge in [-0.15, -0.1) is 0 Å². The van der Waals surface area contributed by atoms with Crippen molar-refractivity contribution in [2.45, 2.75) is 0 Å². The Kier molecular flexibility index (Phi) is 4.13. The van der Waals surface area contributed by atoms with E-state index in [1.54, 1.807) is 12.1 Å². The van der Waals surface area contributed by atoms with Crippen LogP contribution in [0.5, 0.6) is 0 Å². The Morgan fingerprint density at radius 3 is 2.75 bits per heavy atom. The monoisotopic (exact) mass is 243 g/mol. The number of halogens is 1. The molecular weight excluding hydrogens is 234 g/mol. The number of hydrogen-bond acceptors (Lipinski definition) is 5. The molecule has 0 unspecified atom stereocenters. The van der Waals surface area contributed by atoms with Gasteiger partial charge in [-0.25, -0.2) is 9.59 Å². The number of methoxy groups -OCH3 is 1. The smallest absolute Gasteiger partial charge is 0.344 e. The zero-order chi connectivity index (χ0) is 12.1. The summed E-state index contributed by atoms with van der Waals surface area (Å²) in [5, 5.41) is 0.257. The molecular formula is C10H10ClNO4. The van der Waals surface area contributed by atoms with E-state index in [-0.39, 0.29) is 16.3 Å². The number of carbonyl (C=O) groups excluding carboxylic acids is 2. The largest absolute Gasteiger partial charge is 0.466 e. The van der Waals surface area contributed by atoms with Crippen molar-refractivity contribution >= 4 is 29.2 Å². The van der Waals surface area contributed by atoms with Gasteiger partial charge in [0.1, 0.15) is 0 Å². The zero-order valence-electron chi connectivity index (χ0n) is 8.53. The number of benzene rings is 1. The number of nitrogens with two attached hydrogens (primary N) is 1. The second-order valence-corrected chi connectivity index (χ2v) is 3.26. The molecule has 0 heterocycles. The quantitative estimate of drug-likeness (QED) is 0.639. The summed E-state index contributed by atoms with van der Waals surface area (Å²) in [7, 11) is 1.20. The molecule has 0 spiro atoms. The summed E-state index contributed by atoms with van der Waals surface area (Å²) in [4.78, 5) is 22.2. The molecule has 5 nitrogen and oxygen atoms in total. The number of carbonyl (C=O) groups is 2. The Hall–Kier alpha value is -1.75. The van der Waals surface area contributed by atoms with E-state index in [0.717, 1.165) is 0 Å². The lowest BCUT2D eigenvalue weighted by atomic mass is 10.2. The molecule has 0 atom stereocenters. The lowest BCUT2D eigenvalue weighted by Gasteiger charge is -2.06. The summed E-state index contributed by atoms with van der Waals surface area (Å²) >= 11 is 5.72. The first-order chi connectivity index (χ1) is 7.56. The SMILES string of the molecule is COC(=O)COC(=O)c1cccc(Cl)c1N. The van der Waals surface area contributed by atoms with Crippen molar-refractivity contribution in [1.29, 1.82) is 0 Å². The number of para-hydroxylation sites is 1. The van der Waals surface area contributed by atoms with Crippen LogP contribution in [0.25, 0.3) is 0 Å². The Morgan fingerprint density at radius 2 is 2.12 bits per heavy atom. The minimum atomic E-state index is -0.717. The molecule has 0 fully saturated rings. The number of ether oxygens (including phenoxy) is 2. The van der Waals surface area contributed by atoms with Crippen LogP contribution in [0.1, 0.15) is 10.4 Å². The van der Waals surface area contributed by atoms with Gasteiger partial charge in [0.15, 0.2) is 6.61 Å². The average Bonchev–Trinajstić information content (AvgIpc) is 2.29. The third kappa shape index (κ3) is 2.87. The van der Waals surface area contributed by atoms with Gasteiger partial charge in [-0.3, -0.25) is 0 Å². The first-order valence-electron chi connectivity index (χ1n) is 4.34. The number of hydrogen-bond donors (Lipinski definition) is 1. The molecule has 0 aliphatic rings. The van der Waals surface area contributed by atoms with Crippen LogP contribution in [-0.2, 0) is 14.3 Å². The molecule has 1 aromatic rings. The molecule has 0 radical (unpaired) electrons. The Bertz CT molecular complexity index is 419. The second-order valence-electron chi connectivity index (χ2n) is 2.85. The van der Waals surface area contributed by atoms with Crippen LogP contribution in [0, 0.1) is 0 Å². The molecule has 0 amide bonds. The van der Waals surface area contributed by atoms with Crippen molar-refractivity contribution in [2.24, 2.45) is 0 Å². The Morgan fingerprint density at radius 1 is 1.44 bits per heavy atom. The predicted octanol–water partition coefficient (Wildman–Crippen LogP) is 1.25. The molecule has 1 aromatic carbocycles. The summed E-state index contributed by atoms with van der Waals surface area (Å²) in [5.41, 5.74) is 5.82. The van der Waals surface area contributed by atoms with Gasteiger partial charge in [0.05, 0.1) is 23.4 Å². The molecule has 1 rings (SSSR count). The Labute approximate surface area is 97.1 Å². The van der Waals surface area contributed by atoms with Gasteiger partial charge in [-0.05, 0) is 12.1 Å². The number of anilines is 1. The fourth-order valence-corrected chi connectivity index (χ4v) is 1.15. The number of esters is 2. The normalized spacial score (nSPS) is 9.62. The highest BCUT2D eigenvalue weighted by atomic mass is 35.5. The van der Waals surface area contributed by atoms with Gasteiger partial charge in [0, 0.05) is 0 Å². The molecule has 86 valence electrons. The van der Waals surface area contributed by atoms with Crippen LogP contribution < -0.4 is 5.73 Å². The maximum Gasteiger partial charge on any atom is 0.344 e. The molecule has 0 aliphatic heterocycles. The van der Waals surface area contributed by atoms with E-state index in [4.69, 9.17) is 17.3 Å². The molecule has 6 heteroatoms. The van der Waals surface area contributed by atoms with Gasteiger partial charge < -0.3 is 15.2 Å². The maximum absolute atomic E-state index is 11.5. The summed E-state index contributed by atoms with van der Waals surface area (Å²) in [6.07, 6.45) is 0. The minimum Gasteiger partial charge on any atom is -0.466 e. The summed E-state index contributed by atoms with van der Waals surface area (Å²) < 4.78 is 8.98. The number of rotatable bonds is 3. The van der Waals surface area contributed by atoms with Gasteiger partial charge in [-0.2, -0.15) is 0 Å². The van der Waals surface area contributed by atoms with E-state index < -0.39 is 18.5 Å². The van der Waals surface area contributed by atoms with Crippen LogP contribution >= 0.6 is 11.6 Å². The zero-order valence-corrected chi connectivity index (χ0v) is 9.28. The highest BCUT2D eigenvalue weighted by Crippen LogP contribution is 2.22. The van der Waals surface area contributed by atoms with Gasteiger partial charge in [-0.1, -0.05) is 17.7 Å². The van der Waals surface area contributed by atoms with Crippen molar-refractivity contribution in [3.63, 3.8) is 0 Å². The first kappa shape index (κ1) is 12.3. The molecule has 2 N–H and O–H groups in total. The van der Waals surface area contributed by atoms with Crippen LogP contribution in [0.2, 0.25) is 5.02 Å². The Balaban J connectivity index is 2.74. The first-order valence-corrected chi connectivity index (χ1v) is 4.72. The second kappa shape index (κ2) is 5.37. The van der Waals surface area contributed by atoms with Crippen molar-refractivity contribution in [1.82, 2.24) is 0 Å². The van der Waals surface area contributed by atoms with Crippen molar-refractivity contribution in [3.8, 4) is 0 Å².